The molecule has 1 amide bonds. The van der Waals surface area contributed by atoms with Gasteiger partial charge in [-0.2, -0.15) is 0 Å². The molecule has 6 nitrogen and oxygen atoms in total. The maximum absolute atomic E-state index is 12.7. The fourth-order valence-corrected chi connectivity index (χ4v) is 3.54. The Labute approximate surface area is 152 Å². The minimum absolute atomic E-state index is 0.0510. The second kappa shape index (κ2) is 7.47. The molecule has 1 unspecified atom stereocenters. The summed E-state index contributed by atoms with van der Waals surface area (Å²) in [7, 11) is 0. The standard InChI is InChI=1S/C20H21N5O/c26-20(17-3-1-7-22-13-17)25-11-2-4-18(15-25)19-23-10-12-24(19)14-16-5-8-21-9-6-16/h1,3,5-10,12-13,18H,2,4,11,14-15H2. The number of hydrogen-bond acceptors (Lipinski definition) is 4. The van der Waals surface area contributed by atoms with E-state index >= 15 is 0 Å². The summed E-state index contributed by atoms with van der Waals surface area (Å²) in [4.78, 5) is 27.4. The summed E-state index contributed by atoms with van der Waals surface area (Å²) in [5, 5.41) is 0. The average molecular weight is 347 g/mol. The predicted molar refractivity (Wildman–Crippen MR) is 97.7 cm³/mol. The molecule has 1 saturated heterocycles. The third-order valence-electron chi connectivity index (χ3n) is 4.83. The molecule has 4 rings (SSSR count). The van der Waals surface area contributed by atoms with Crippen molar-refractivity contribution in [3.63, 3.8) is 0 Å². The van der Waals surface area contributed by atoms with Gasteiger partial charge in [0.05, 0.1) is 5.56 Å². The van der Waals surface area contributed by atoms with Gasteiger partial charge in [0, 0.05) is 62.7 Å². The summed E-state index contributed by atoms with van der Waals surface area (Å²) in [5.74, 6) is 1.35. The van der Waals surface area contributed by atoms with E-state index in [-0.39, 0.29) is 11.8 Å². The minimum Gasteiger partial charge on any atom is -0.338 e. The van der Waals surface area contributed by atoms with Crippen molar-refractivity contribution in [2.75, 3.05) is 13.1 Å². The molecule has 1 atom stereocenters. The van der Waals surface area contributed by atoms with Crippen LogP contribution in [0.2, 0.25) is 0 Å². The quantitative estimate of drug-likeness (QED) is 0.728. The van der Waals surface area contributed by atoms with E-state index in [9.17, 15) is 4.79 Å². The number of pyridine rings is 2. The number of amides is 1. The number of imidazole rings is 1. The zero-order valence-electron chi connectivity index (χ0n) is 14.5. The first kappa shape index (κ1) is 16.4. The Kier molecular flexibility index (Phi) is 4.73. The van der Waals surface area contributed by atoms with Crippen LogP contribution < -0.4 is 0 Å². The van der Waals surface area contributed by atoms with Gasteiger partial charge in [-0.15, -0.1) is 0 Å². The number of likely N-dealkylation sites (tertiary alicyclic amines) is 1. The molecule has 6 heteroatoms. The Morgan fingerprint density at radius 1 is 1.12 bits per heavy atom. The molecular formula is C20H21N5O. The number of aromatic nitrogens is 4. The van der Waals surface area contributed by atoms with E-state index in [0.29, 0.717) is 12.1 Å². The Balaban J connectivity index is 1.50. The van der Waals surface area contributed by atoms with E-state index in [1.165, 1.54) is 5.56 Å². The van der Waals surface area contributed by atoms with Crippen molar-refractivity contribution < 1.29 is 4.79 Å². The van der Waals surface area contributed by atoms with E-state index in [4.69, 9.17) is 0 Å². The number of rotatable bonds is 4. The van der Waals surface area contributed by atoms with E-state index in [1.807, 2.05) is 35.5 Å². The highest BCUT2D eigenvalue weighted by atomic mass is 16.2. The number of hydrogen-bond donors (Lipinski definition) is 0. The van der Waals surface area contributed by atoms with Crippen LogP contribution in [0.25, 0.3) is 0 Å². The second-order valence-corrected chi connectivity index (χ2v) is 6.60. The topological polar surface area (TPSA) is 63.9 Å². The molecule has 1 aliphatic heterocycles. The van der Waals surface area contributed by atoms with Gasteiger partial charge in [0.1, 0.15) is 5.82 Å². The second-order valence-electron chi connectivity index (χ2n) is 6.60. The third-order valence-corrected chi connectivity index (χ3v) is 4.83. The van der Waals surface area contributed by atoms with Crippen molar-refractivity contribution in [2.45, 2.75) is 25.3 Å². The number of carbonyl (C=O) groups excluding carboxylic acids is 1. The van der Waals surface area contributed by atoms with Crippen LogP contribution in [0.4, 0.5) is 0 Å². The zero-order chi connectivity index (χ0) is 17.8. The number of piperidine rings is 1. The average Bonchev–Trinajstić information content (AvgIpc) is 3.17. The van der Waals surface area contributed by atoms with E-state index in [1.54, 1.807) is 30.9 Å². The molecule has 26 heavy (non-hydrogen) atoms. The summed E-state index contributed by atoms with van der Waals surface area (Å²) in [6, 6.07) is 7.66. The molecule has 1 fully saturated rings. The fraction of sp³-hybridized carbons (Fsp3) is 0.300. The zero-order valence-corrected chi connectivity index (χ0v) is 14.5. The molecule has 0 saturated carbocycles. The summed E-state index contributed by atoms with van der Waals surface area (Å²) in [5.41, 5.74) is 1.84. The van der Waals surface area contributed by atoms with Crippen LogP contribution in [0.5, 0.6) is 0 Å². The van der Waals surface area contributed by atoms with Crippen LogP contribution in [-0.4, -0.2) is 43.4 Å². The van der Waals surface area contributed by atoms with Gasteiger partial charge in [-0.3, -0.25) is 14.8 Å². The Bertz CT molecular complexity index is 862. The van der Waals surface area contributed by atoms with Gasteiger partial charge in [0.15, 0.2) is 0 Å². The van der Waals surface area contributed by atoms with Gasteiger partial charge in [-0.25, -0.2) is 4.98 Å². The highest BCUT2D eigenvalue weighted by Crippen LogP contribution is 2.27. The van der Waals surface area contributed by atoms with Gasteiger partial charge >= 0.3 is 0 Å². The van der Waals surface area contributed by atoms with Crippen LogP contribution in [0, 0.1) is 0 Å². The maximum atomic E-state index is 12.7. The molecule has 3 aromatic rings. The smallest absolute Gasteiger partial charge is 0.255 e. The molecule has 4 heterocycles. The van der Waals surface area contributed by atoms with Crippen molar-refractivity contribution in [3.05, 3.63) is 78.4 Å². The molecule has 0 aromatic carbocycles. The van der Waals surface area contributed by atoms with Gasteiger partial charge in [-0.05, 0) is 42.7 Å². The summed E-state index contributed by atoms with van der Waals surface area (Å²) in [6.45, 7) is 2.25. The molecule has 0 aliphatic carbocycles. The van der Waals surface area contributed by atoms with Gasteiger partial charge in [0.2, 0.25) is 0 Å². The maximum Gasteiger partial charge on any atom is 0.255 e. The van der Waals surface area contributed by atoms with Crippen molar-refractivity contribution in [1.29, 1.82) is 0 Å². The highest BCUT2D eigenvalue weighted by molar-refractivity contribution is 5.93. The van der Waals surface area contributed by atoms with Gasteiger partial charge < -0.3 is 9.47 Å². The van der Waals surface area contributed by atoms with Crippen molar-refractivity contribution >= 4 is 5.91 Å². The van der Waals surface area contributed by atoms with Crippen LogP contribution >= 0.6 is 0 Å². The lowest BCUT2D eigenvalue weighted by Crippen LogP contribution is -2.39. The highest BCUT2D eigenvalue weighted by Gasteiger charge is 2.28. The lowest BCUT2D eigenvalue weighted by Gasteiger charge is -2.32. The van der Waals surface area contributed by atoms with E-state index in [0.717, 1.165) is 31.8 Å². The SMILES string of the molecule is O=C(c1cccnc1)N1CCCC(c2nccn2Cc2ccncc2)C1. The summed E-state index contributed by atoms with van der Waals surface area (Å²) >= 11 is 0. The Hall–Kier alpha value is -3.02. The monoisotopic (exact) mass is 347 g/mol. The summed E-state index contributed by atoms with van der Waals surface area (Å²) < 4.78 is 2.18. The number of nitrogens with zero attached hydrogens (tertiary/aromatic N) is 5. The minimum atomic E-state index is 0.0510. The normalized spacial score (nSPS) is 17.2. The molecule has 132 valence electrons. The molecular weight excluding hydrogens is 326 g/mol. The first-order chi connectivity index (χ1) is 12.8. The first-order valence-electron chi connectivity index (χ1n) is 8.90. The molecule has 3 aromatic heterocycles. The van der Waals surface area contributed by atoms with Gasteiger partial charge in [-0.1, -0.05) is 0 Å². The van der Waals surface area contributed by atoms with Gasteiger partial charge in [0.25, 0.3) is 5.91 Å². The lowest BCUT2D eigenvalue weighted by atomic mass is 9.96. The lowest BCUT2D eigenvalue weighted by molar-refractivity contribution is 0.0703. The fourth-order valence-electron chi connectivity index (χ4n) is 3.54. The van der Waals surface area contributed by atoms with Crippen LogP contribution in [0.1, 0.15) is 40.5 Å². The molecule has 0 radical (unpaired) electrons. The first-order valence-corrected chi connectivity index (χ1v) is 8.90. The molecule has 0 spiro atoms. The van der Waals surface area contributed by atoms with Crippen molar-refractivity contribution in [2.24, 2.45) is 0 Å². The predicted octanol–water partition coefficient (Wildman–Crippen LogP) is 2.74. The van der Waals surface area contributed by atoms with Crippen molar-refractivity contribution in [1.82, 2.24) is 24.4 Å². The molecule has 0 N–H and O–H groups in total. The summed E-state index contributed by atoms with van der Waals surface area (Å²) in [6.07, 6.45) is 12.8. The van der Waals surface area contributed by atoms with Crippen LogP contribution in [0.3, 0.4) is 0 Å². The van der Waals surface area contributed by atoms with Crippen LogP contribution in [-0.2, 0) is 6.54 Å². The largest absolute Gasteiger partial charge is 0.338 e. The Morgan fingerprint density at radius 3 is 2.81 bits per heavy atom. The van der Waals surface area contributed by atoms with E-state index in [2.05, 4.69) is 19.5 Å². The molecule has 1 aliphatic rings. The van der Waals surface area contributed by atoms with Crippen molar-refractivity contribution in [3.8, 4) is 0 Å². The van der Waals surface area contributed by atoms with E-state index < -0.39 is 0 Å². The third kappa shape index (κ3) is 3.49. The Morgan fingerprint density at radius 2 is 2.00 bits per heavy atom. The van der Waals surface area contributed by atoms with Crippen LogP contribution in [0.15, 0.2) is 61.4 Å². The molecule has 0 bridgehead atoms. The number of carbonyl (C=O) groups is 1.